The number of ether oxygens (including phenoxy) is 1. The van der Waals surface area contributed by atoms with Gasteiger partial charge < -0.3 is 14.4 Å². The first kappa shape index (κ1) is 11.1. The molecule has 1 aliphatic rings. The van der Waals surface area contributed by atoms with Gasteiger partial charge in [-0.1, -0.05) is 0 Å². The number of carbonyl (C=O) groups is 1. The number of aliphatic carboxylic acids is 1. The van der Waals surface area contributed by atoms with Crippen LogP contribution in [0.15, 0.2) is 18.7 Å². The molecule has 1 saturated heterocycles. The summed E-state index contributed by atoms with van der Waals surface area (Å²) in [5.74, 6) is -0.815. The Morgan fingerprint density at radius 3 is 3.12 bits per heavy atom. The van der Waals surface area contributed by atoms with E-state index in [9.17, 15) is 4.79 Å². The van der Waals surface area contributed by atoms with E-state index in [1.807, 2.05) is 15.7 Å². The highest BCUT2D eigenvalue weighted by Crippen LogP contribution is 2.07. The van der Waals surface area contributed by atoms with Gasteiger partial charge in [-0.3, -0.25) is 9.69 Å². The molecule has 1 fully saturated rings. The van der Waals surface area contributed by atoms with Crippen molar-refractivity contribution in [1.82, 2.24) is 14.5 Å². The second-order valence-corrected chi connectivity index (χ2v) is 3.77. The molecule has 0 radical (unpaired) electrons. The third kappa shape index (κ3) is 2.59. The second kappa shape index (κ2) is 5.09. The molecule has 6 heteroatoms. The molecule has 2 rings (SSSR count). The first-order chi connectivity index (χ1) is 7.77. The number of carboxylic acids is 1. The van der Waals surface area contributed by atoms with E-state index in [0.717, 1.165) is 6.54 Å². The topological polar surface area (TPSA) is 67.6 Å². The lowest BCUT2D eigenvalue weighted by atomic mass is 10.2. The Labute approximate surface area is 93.4 Å². The smallest absolute Gasteiger partial charge is 0.323 e. The Morgan fingerprint density at radius 2 is 2.44 bits per heavy atom. The summed E-state index contributed by atoms with van der Waals surface area (Å²) in [5, 5.41) is 9.03. The standard InChI is InChI=1S/C10H15N3O3/c14-10(15)9-7-16-6-5-13(9)4-3-12-2-1-11-8-12/h1-2,8-9H,3-7H2,(H,14,15). The maximum absolute atomic E-state index is 11.0. The number of carboxylic acid groups (broad SMARTS) is 1. The molecule has 0 bridgehead atoms. The zero-order valence-corrected chi connectivity index (χ0v) is 8.95. The molecular formula is C10H15N3O3. The molecule has 1 unspecified atom stereocenters. The first-order valence-electron chi connectivity index (χ1n) is 5.28. The maximum atomic E-state index is 11.0. The van der Waals surface area contributed by atoms with Gasteiger partial charge in [-0.2, -0.15) is 0 Å². The highest BCUT2D eigenvalue weighted by Gasteiger charge is 2.28. The van der Waals surface area contributed by atoms with Gasteiger partial charge in [0, 0.05) is 32.0 Å². The summed E-state index contributed by atoms with van der Waals surface area (Å²) < 4.78 is 7.11. The van der Waals surface area contributed by atoms with Gasteiger partial charge in [0.2, 0.25) is 0 Å². The van der Waals surface area contributed by atoms with Crippen LogP contribution in [-0.4, -0.2) is 57.9 Å². The minimum atomic E-state index is -0.815. The number of rotatable bonds is 4. The molecule has 0 aromatic carbocycles. The van der Waals surface area contributed by atoms with Crippen molar-refractivity contribution in [2.75, 3.05) is 26.3 Å². The van der Waals surface area contributed by atoms with Crippen molar-refractivity contribution in [3.63, 3.8) is 0 Å². The van der Waals surface area contributed by atoms with Crippen LogP contribution >= 0.6 is 0 Å². The summed E-state index contributed by atoms with van der Waals surface area (Å²) in [5.41, 5.74) is 0. The van der Waals surface area contributed by atoms with Crippen LogP contribution in [0.5, 0.6) is 0 Å². The minimum absolute atomic E-state index is 0.277. The molecule has 88 valence electrons. The molecule has 1 aromatic heterocycles. The van der Waals surface area contributed by atoms with E-state index in [4.69, 9.17) is 9.84 Å². The third-order valence-electron chi connectivity index (χ3n) is 2.73. The average molecular weight is 225 g/mol. The van der Waals surface area contributed by atoms with Crippen LogP contribution in [0.1, 0.15) is 0 Å². The summed E-state index contributed by atoms with van der Waals surface area (Å²) in [6.07, 6.45) is 5.32. The zero-order valence-electron chi connectivity index (χ0n) is 8.95. The fourth-order valence-corrected chi connectivity index (χ4v) is 1.80. The van der Waals surface area contributed by atoms with E-state index in [-0.39, 0.29) is 6.61 Å². The average Bonchev–Trinajstić information content (AvgIpc) is 2.79. The van der Waals surface area contributed by atoms with Crippen LogP contribution in [0.3, 0.4) is 0 Å². The lowest BCUT2D eigenvalue weighted by molar-refractivity contribution is -0.149. The molecular weight excluding hydrogens is 210 g/mol. The summed E-state index contributed by atoms with van der Waals surface area (Å²) in [4.78, 5) is 16.9. The van der Waals surface area contributed by atoms with Crippen LogP contribution < -0.4 is 0 Å². The van der Waals surface area contributed by atoms with Crippen LogP contribution in [-0.2, 0) is 16.1 Å². The number of morpholine rings is 1. The first-order valence-corrected chi connectivity index (χ1v) is 5.28. The Kier molecular flexibility index (Phi) is 3.53. The van der Waals surface area contributed by atoms with Crippen LogP contribution in [0.25, 0.3) is 0 Å². The predicted octanol–water partition coefficient (Wildman–Crippen LogP) is -0.331. The number of hydrogen-bond donors (Lipinski definition) is 1. The molecule has 0 saturated carbocycles. The number of nitrogens with zero attached hydrogens (tertiary/aromatic N) is 3. The SMILES string of the molecule is O=C(O)C1COCCN1CCn1ccnc1. The van der Waals surface area contributed by atoms with Crippen molar-refractivity contribution in [3.8, 4) is 0 Å². The molecule has 16 heavy (non-hydrogen) atoms. The van der Waals surface area contributed by atoms with Crippen molar-refractivity contribution < 1.29 is 14.6 Å². The highest BCUT2D eigenvalue weighted by molar-refractivity contribution is 5.73. The lowest BCUT2D eigenvalue weighted by Gasteiger charge is -2.32. The molecule has 1 atom stereocenters. The number of hydrogen-bond acceptors (Lipinski definition) is 4. The van der Waals surface area contributed by atoms with E-state index in [2.05, 4.69) is 4.98 Å². The zero-order chi connectivity index (χ0) is 11.4. The number of imidazole rings is 1. The van der Waals surface area contributed by atoms with Gasteiger partial charge in [-0.15, -0.1) is 0 Å². The molecule has 1 aromatic rings. The minimum Gasteiger partial charge on any atom is -0.480 e. The fraction of sp³-hybridized carbons (Fsp3) is 0.600. The molecule has 1 aliphatic heterocycles. The van der Waals surface area contributed by atoms with Crippen molar-refractivity contribution in [2.45, 2.75) is 12.6 Å². The van der Waals surface area contributed by atoms with Crippen molar-refractivity contribution in [1.29, 1.82) is 0 Å². The van der Waals surface area contributed by atoms with Gasteiger partial charge in [0.1, 0.15) is 6.04 Å². The van der Waals surface area contributed by atoms with Crippen molar-refractivity contribution in [2.24, 2.45) is 0 Å². The summed E-state index contributed by atoms with van der Waals surface area (Å²) in [6, 6.07) is -0.516. The van der Waals surface area contributed by atoms with Gasteiger partial charge >= 0.3 is 5.97 Å². The molecule has 2 heterocycles. The van der Waals surface area contributed by atoms with Crippen LogP contribution in [0.2, 0.25) is 0 Å². The quantitative estimate of drug-likeness (QED) is 0.760. The van der Waals surface area contributed by atoms with Gasteiger partial charge in [-0.25, -0.2) is 4.98 Å². The number of aromatic nitrogens is 2. The summed E-state index contributed by atoms with van der Waals surface area (Å²) >= 11 is 0. The van der Waals surface area contributed by atoms with Crippen molar-refractivity contribution >= 4 is 5.97 Å². The monoisotopic (exact) mass is 225 g/mol. The van der Waals surface area contributed by atoms with Crippen LogP contribution in [0.4, 0.5) is 0 Å². The summed E-state index contributed by atoms with van der Waals surface area (Å²) in [7, 11) is 0. The largest absolute Gasteiger partial charge is 0.480 e. The van der Waals surface area contributed by atoms with Gasteiger partial charge in [0.15, 0.2) is 0 Å². The van der Waals surface area contributed by atoms with Gasteiger partial charge in [0.25, 0.3) is 0 Å². The third-order valence-corrected chi connectivity index (χ3v) is 2.73. The molecule has 0 amide bonds. The highest BCUT2D eigenvalue weighted by atomic mass is 16.5. The van der Waals surface area contributed by atoms with Crippen molar-refractivity contribution in [3.05, 3.63) is 18.7 Å². The Hall–Kier alpha value is -1.40. The van der Waals surface area contributed by atoms with E-state index >= 15 is 0 Å². The van der Waals surface area contributed by atoms with E-state index in [1.165, 1.54) is 0 Å². The molecule has 0 aliphatic carbocycles. The van der Waals surface area contributed by atoms with E-state index < -0.39 is 12.0 Å². The Bertz CT molecular complexity index is 339. The van der Waals surface area contributed by atoms with Gasteiger partial charge in [0.05, 0.1) is 19.5 Å². The molecule has 6 nitrogen and oxygen atoms in total. The molecule has 0 spiro atoms. The van der Waals surface area contributed by atoms with E-state index in [1.54, 1.807) is 12.5 Å². The lowest BCUT2D eigenvalue weighted by Crippen LogP contribution is -2.50. The maximum Gasteiger partial charge on any atom is 0.323 e. The normalized spacial score (nSPS) is 22.1. The summed E-state index contributed by atoms with van der Waals surface area (Å²) in [6.45, 7) is 3.01. The second-order valence-electron chi connectivity index (χ2n) is 3.77. The fourth-order valence-electron chi connectivity index (χ4n) is 1.80. The van der Waals surface area contributed by atoms with Gasteiger partial charge in [-0.05, 0) is 0 Å². The predicted molar refractivity (Wildman–Crippen MR) is 56.0 cm³/mol. The molecule has 1 N–H and O–H groups in total. The Morgan fingerprint density at radius 1 is 1.56 bits per heavy atom. The Balaban J connectivity index is 1.89. The van der Waals surface area contributed by atoms with E-state index in [0.29, 0.717) is 19.7 Å². The van der Waals surface area contributed by atoms with Crippen LogP contribution in [0, 0.1) is 0 Å².